The quantitative estimate of drug-likeness (QED) is 0.692. The summed E-state index contributed by atoms with van der Waals surface area (Å²) in [5.41, 5.74) is 0. The molecule has 0 aromatic heterocycles. The summed E-state index contributed by atoms with van der Waals surface area (Å²) in [5.74, 6) is -0.785. The van der Waals surface area contributed by atoms with Crippen LogP contribution >= 0.6 is 0 Å². The number of carbonyl (C=O) groups is 1. The van der Waals surface area contributed by atoms with E-state index < -0.39 is 12.0 Å². The average molecular weight is 244 g/mol. The molecule has 2 aliphatic rings. The van der Waals surface area contributed by atoms with Crippen molar-refractivity contribution in [2.24, 2.45) is 0 Å². The maximum absolute atomic E-state index is 11.1. The minimum atomic E-state index is -0.785. The smallest absolute Gasteiger partial charge is 0.323 e. The number of ether oxygens (including phenoxy) is 2. The lowest BCUT2D eigenvalue weighted by Gasteiger charge is -2.35. The van der Waals surface area contributed by atoms with E-state index in [1.54, 1.807) is 0 Å². The van der Waals surface area contributed by atoms with Gasteiger partial charge in [-0.15, -0.1) is 0 Å². The zero-order valence-corrected chi connectivity index (χ0v) is 10.0. The second-order valence-corrected chi connectivity index (χ2v) is 4.42. The Labute approximate surface area is 101 Å². The summed E-state index contributed by atoms with van der Waals surface area (Å²) in [7, 11) is 0. The molecule has 17 heavy (non-hydrogen) atoms. The Morgan fingerprint density at radius 1 is 1.12 bits per heavy atom. The van der Waals surface area contributed by atoms with Crippen molar-refractivity contribution in [1.82, 2.24) is 9.80 Å². The van der Waals surface area contributed by atoms with Gasteiger partial charge in [-0.1, -0.05) is 0 Å². The summed E-state index contributed by atoms with van der Waals surface area (Å²) in [4.78, 5) is 15.4. The van der Waals surface area contributed by atoms with Crippen molar-refractivity contribution in [3.8, 4) is 0 Å². The van der Waals surface area contributed by atoms with Crippen LogP contribution in [0.4, 0.5) is 0 Å². The van der Waals surface area contributed by atoms with Crippen LogP contribution in [0.2, 0.25) is 0 Å². The maximum Gasteiger partial charge on any atom is 0.323 e. The average Bonchev–Trinajstić information content (AvgIpc) is 2.38. The molecule has 0 aliphatic carbocycles. The molecule has 6 heteroatoms. The van der Waals surface area contributed by atoms with Crippen LogP contribution in [0.25, 0.3) is 0 Å². The summed E-state index contributed by atoms with van der Waals surface area (Å²) in [6.07, 6.45) is 0. The summed E-state index contributed by atoms with van der Waals surface area (Å²) >= 11 is 0. The molecule has 2 heterocycles. The summed E-state index contributed by atoms with van der Waals surface area (Å²) in [6.45, 7) is 6.81. The molecular formula is C11H20N2O4. The fourth-order valence-electron chi connectivity index (χ4n) is 2.23. The number of hydrogen-bond donors (Lipinski definition) is 1. The third-order valence-electron chi connectivity index (χ3n) is 3.33. The first-order valence-corrected chi connectivity index (χ1v) is 6.12. The topological polar surface area (TPSA) is 62.2 Å². The van der Waals surface area contributed by atoms with Crippen molar-refractivity contribution >= 4 is 5.97 Å². The molecule has 2 saturated heterocycles. The zero-order chi connectivity index (χ0) is 12.1. The Balaban J connectivity index is 1.77. The first kappa shape index (κ1) is 12.8. The van der Waals surface area contributed by atoms with Crippen LogP contribution in [0.5, 0.6) is 0 Å². The molecule has 1 unspecified atom stereocenters. The van der Waals surface area contributed by atoms with Crippen LogP contribution in [0, 0.1) is 0 Å². The minimum absolute atomic E-state index is 0.304. The van der Waals surface area contributed by atoms with Crippen LogP contribution in [0.15, 0.2) is 0 Å². The SMILES string of the molecule is O=C(O)C1COCCN1CCN1CCOCC1. The Bertz CT molecular complexity index is 256. The van der Waals surface area contributed by atoms with Gasteiger partial charge in [0.15, 0.2) is 0 Å². The highest BCUT2D eigenvalue weighted by Crippen LogP contribution is 2.07. The molecule has 0 saturated carbocycles. The number of aliphatic carboxylic acids is 1. The van der Waals surface area contributed by atoms with Crippen LogP contribution in [0.3, 0.4) is 0 Å². The van der Waals surface area contributed by atoms with Crippen LogP contribution in [-0.2, 0) is 14.3 Å². The van der Waals surface area contributed by atoms with Gasteiger partial charge in [0, 0.05) is 32.7 Å². The zero-order valence-electron chi connectivity index (χ0n) is 10.0. The molecule has 98 valence electrons. The lowest BCUT2D eigenvalue weighted by Crippen LogP contribution is -2.52. The summed E-state index contributed by atoms with van der Waals surface area (Å²) in [6, 6.07) is -0.482. The summed E-state index contributed by atoms with van der Waals surface area (Å²) < 4.78 is 10.5. The fourth-order valence-corrected chi connectivity index (χ4v) is 2.23. The fraction of sp³-hybridized carbons (Fsp3) is 0.909. The van der Waals surface area contributed by atoms with Gasteiger partial charge in [-0.05, 0) is 0 Å². The Morgan fingerprint density at radius 2 is 1.82 bits per heavy atom. The van der Waals surface area contributed by atoms with E-state index in [9.17, 15) is 4.79 Å². The molecular weight excluding hydrogens is 224 g/mol. The molecule has 6 nitrogen and oxygen atoms in total. The van der Waals surface area contributed by atoms with Gasteiger partial charge in [0.2, 0.25) is 0 Å². The Morgan fingerprint density at radius 3 is 2.53 bits per heavy atom. The van der Waals surface area contributed by atoms with Crippen LogP contribution in [-0.4, -0.2) is 86.1 Å². The highest BCUT2D eigenvalue weighted by molar-refractivity contribution is 5.73. The lowest BCUT2D eigenvalue weighted by molar-refractivity contribution is -0.149. The highest BCUT2D eigenvalue weighted by Gasteiger charge is 2.29. The van der Waals surface area contributed by atoms with E-state index in [4.69, 9.17) is 14.6 Å². The van der Waals surface area contributed by atoms with E-state index in [1.165, 1.54) is 0 Å². The second kappa shape index (κ2) is 6.30. The predicted octanol–water partition coefficient (Wildman–Crippen LogP) is -0.896. The second-order valence-electron chi connectivity index (χ2n) is 4.42. The van der Waals surface area contributed by atoms with E-state index in [0.29, 0.717) is 19.8 Å². The maximum atomic E-state index is 11.1. The lowest BCUT2D eigenvalue weighted by atomic mass is 10.2. The molecule has 2 rings (SSSR count). The number of carboxylic acids is 1. The van der Waals surface area contributed by atoms with Gasteiger partial charge in [0.1, 0.15) is 6.04 Å². The van der Waals surface area contributed by atoms with Gasteiger partial charge in [-0.3, -0.25) is 14.6 Å². The van der Waals surface area contributed by atoms with Crippen LogP contribution < -0.4 is 0 Å². The van der Waals surface area contributed by atoms with Crippen molar-refractivity contribution in [2.45, 2.75) is 6.04 Å². The standard InChI is InChI=1S/C11H20N2O4/c14-11(15)10-9-17-8-5-13(10)2-1-12-3-6-16-7-4-12/h10H,1-9H2,(H,14,15). The van der Waals surface area contributed by atoms with Crippen molar-refractivity contribution in [1.29, 1.82) is 0 Å². The van der Waals surface area contributed by atoms with E-state index >= 15 is 0 Å². The highest BCUT2D eigenvalue weighted by atomic mass is 16.5. The van der Waals surface area contributed by atoms with Crippen LogP contribution in [0.1, 0.15) is 0 Å². The largest absolute Gasteiger partial charge is 0.480 e. The molecule has 2 fully saturated rings. The Kier molecular flexibility index (Phi) is 4.73. The number of rotatable bonds is 4. The van der Waals surface area contributed by atoms with Crippen molar-refractivity contribution in [3.63, 3.8) is 0 Å². The van der Waals surface area contributed by atoms with Gasteiger partial charge in [0.25, 0.3) is 0 Å². The van der Waals surface area contributed by atoms with Crippen molar-refractivity contribution in [2.75, 3.05) is 59.2 Å². The molecule has 1 N–H and O–H groups in total. The predicted molar refractivity (Wildman–Crippen MR) is 61.1 cm³/mol. The first-order chi connectivity index (χ1) is 8.27. The molecule has 0 bridgehead atoms. The molecule has 0 aromatic carbocycles. The molecule has 0 amide bonds. The van der Waals surface area contributed by atoms with E-state index in [0.717, 1.165) is 39.4 Å². The monoisotopic (exact) mass is 244 g/mol. The minimum Gasteiger partial charge on any atom is -0.480 e. The number of morpholine rings is 2. The molecule has 0 spiro atoms. The van der Waals surface area contributed by atoms with E-state index in [1.807, 2.05) is 4.90 Å². The van der Waals surface area contributed by atoms with Crippen molar-refractivity contribution in [3.05, 3.63) is 0 Å². The first-order valence-electron chi connectivity index (χ1n) is 6.12. The van der Waals surface area contributed by atoms with Crippen molar-refractivity contribution < 1.29 is 19.4 Å². The molecule has 0 radical (unpaired) electrons. The number of carboxylic acid groups (broad SMARTS) is 1. The van der Waals surface area contributed by atoms with Gasteiger partial charge in [-0.2, -0.15) is 0 Å². The third-order valence-corrected chi connectivity index (χ3v) is 3.33. The number of hydrogen-bond acceptors (Lipinski definition) is 5. The van der Waals surface area contributed by atoms with Gasteiger partial charge < -0.3 is 14.6 Å². The summed E-state index contributed by atoms with van der Waals surface area (Å²) in [5, 5.41) is 9.09. The molecule has 2 aliphatic heterocycles. The normalized spacial score (nSPS) is 28.1. The van der Waals surface area contributed by atoms with Gasteiger partial charge in [0.05, 0.1) is 26.4 Å². The third kappa shape index (κ3) is 3.64. The van der Waals surface area contributed by atoms with E-state index in [2.05, 4.69) is 4.90 Å². The number of nitrogens with zero attached hydrogens (tertiary/aromatic N) is 2. The Hall–Kier alpha value is -0.690. The van der Waals surface area contributed by atoms with Gasteiger partial charge >= 0.3 is 5.97 Å². The molecule has 0 aromatic rings. The molecule has 1 atom stereocenters. The van der Waals surface area contributed by atoms with Gasteiger partial charge in [-0.25, -0.2) is 0 Å². The van der Waals surface area contributed by atoms with E-state index in [-0.39, 0.29) is 0 Å².